The van der Waals surface area contributed by atoms with E-state index >= 15 is 0 Å². The van der Waals surface area contributed by atoms with Crippen LogP contribution in [0.2, 0.25) is 0 Å². The highest BCUT2D eigenvalue weighted by Gasteiger charge is 2.01. The van der Waals surface area contributed by atoms with E-state index in [1.807, 2.05) is 18.2 Å². The molecule has 0 aliphatic rings. The minimum absolute atomic E-state index is 0.191. The molecule has 102 valence electrons. The van der Waals surface area contributed by atoms with E-state index in [0.717, 1.165) is 29.6 Å². The lowest BCUT2D eigenvalue weighted by Gasteiger charge is -2.04. The number of fused-ring (bicyclic) bond motifs is 1. The van der Waals surface area contributed by atoms with E-state index in [1.54, 1.807) is 0 Å². The fourth-order valence-corrected chi connectivity index (χ4v) is 1.89. The number of esters is 1. The monoisotopic (exact) mass is 263 g/mol. The van der Waals surface area contributed by atoms with Crippen LogP contribution in [0, 0.1) is 0 Å². The highest BCUT2D eigenvalue weighted by atomic mass is 16.5. The van der Waals surface area contributed by atoms with E-state index in [-0.39, 0.29) is 11.7 Å². The molecule has 0 aliphatic heterocycles. The molecule has 1 heterocycles. The van der Waals surface area contributed by atoms with Crippen LogP contribution in [0.1, 0.15) is 12.0 Å². The maximum atomic E-state index is 11.1. The number of aromatic amines is 2. The fourth-order valence-electron chi connectivity index (χ4n) is 1.89. The molecule has 2 aromatic rings. The third kappa shape index (κ3) is 3.69. The van der Waals surface area contributed by atoms with Gasteiger partial charge in [0.1, 0.15) is 0 Å². The Morgan fingerprint density at radius 1 is 1.26 bits per heavy atom. The molecule has 0 bridgehead atoms. The number of nitrogens with one attached hydrogen (secondary N) is 3. The SMILES string of the molecule is COC(=O)CCNCCc1ccc2[nH]c(=O)[nH]c2c1. The number of aromatic nitrogens is 2. The van der Waals surface area contributed by atoms with E-state index in [2.05, 4.69) is 20.0 Å². The van der Waals surface area contributed by atoms with Crippen molar-refractivity contribution in [3.05, 3.63) is 34.2 Å². The minimum Gasteiger partial charge on any atom is -0.469 e. The topological polar surface area (TPSA) is 87.0 Å². The minimum atomic E-state index is -0.209. The Morgan fingerprint density at radius 2 is 2.05 bits per heavy atom. The summed E-state index contributed by atoms with van der Waals surface area (Å²) in [6.45, 7) is 1.38. The summed E-state index contributed by atoms with van der Waals surface area (Å²) in [6, 6.07) is 5.82. The number of H-pyrrole nitrogens is 2. The van der Waals surface area contributed by atoms with Crippen molar-refractivity contribution in [2.24, 2.45) is 0 Å². The van der Waals surface area contributed by atoms with Gasteiger partial charge in [0.15, 0.2) is 0 Å². The maximum Gasteiger partial charge on any atom is 0.323 e. The lowest BCUT2D eigenvalue weighted by Crippen LogP contribution is -2.21. The van der Waals surface area contributed by atoms with Gasteiger partial charge in [-0.05, 0) is 30.7 Å². The van der Waals surface area contributed by atoms with Crippen LogP contribution in [0.4, 0.5) is 0 Å². The predicted octanol–water partition coefficient (Wildman–Crippen LogP) is 0.551. The second-order valence-corrected chi connectivity index (χ2v) is 4.29. The molecule has 3 N–H and O–H groups in total. The zero-order valence-electron chi connectivity index (χ0n) is 10.8. The first kappa shape index (κ1) is 13.4. The molecule has 1 aromatic carbocycles. The van der Waals surface area contributed by atoms with E-state index in [9.17, 15) is 9.59 Å². The van der Waals surface area contributed by atoms with E-state index in [1.165, 1.54) is 7.11 Å². The van der Waals surface area contributed by atoms with Crippen LogP contribution in [0.25, 0.3) is 11.0 Å². The van der Waals surface area contributed by atoms with Gasteiger partial charge in [-0.25, -0.2) is 4.79 Å². The van der Waals surface area contributed by atoms with Crippen molar-refractivity contribution in [3.8, 4) is 0 Å². The first-order chi connectivity index (χ1) is 9.19. The number of carbonyl (C=O) groups excluding carboxylic acids is 1. The summed E-state index contributed by atoms with van der Waals surface area (Å²) >= 11 is 0. The second kappa shape index (κ2) is 6.19. The Hall–Kier alpha value is -2.08. The van der Waals surface area contributed by atoms with Gasteiger partial charge in [0.2, 0.25) is 0 Å². The third-order valence-electron chi connectivity index (χ3n) is 2.90. The number of methoxy groups -OCH3 is 1. The lowest BCUT2D eigenvalue weighted by atomic mass is 10.1. The van der Waals surface area contributed by atoms with Crippen molar-refractivity contribution < 1.29 is 9.53 Å². The van der Waals surface area contributed by atoms with Crippen LogP contribution in [0.3, 0.4) is 0 Å². The van der Waals surface area contributed by atoms with Crippen molar-refractivity contribution in [1.29, 1.82) is 0 Å². The molecule has 19 heavy (non-hydrogen) atoms. The normalized spacial score (nSPS) is 10.8. The summed E-state index contributed by atoms with van der Waals surface area (Å²) in [7, 11) is 1.38. The second-order valence-electron chi connectivity index (χ2n) is 4.29. The standard InChI is InChI=1S/C13H17N3O3/c1-19-12(17)5-7-14-6-4-9-2-3-10-11(8-9)16-13(18)15-10/h2-3,8,14H,4-7H2,1H3,(H2,15,16,18). The van der Waals surface area contributed by atoms with Crippen LogP contribution >= 0.6 is 0 Å². The maximum absolute atomic E-state index is 11.1. The lowest BCUT2D eigenvalue weighted by molar-refractivity contribution is -0.140. The molecule has 1 aromatic heterocycles. The Labute approximate surface area is 110 Å². The van der Waals surface area contributed by atoms with Gasteiger partial charge in [0.05, 0.1) is 24.6 Å². The van der Waals surface area contributed by atoms with Gasteiger partial charge in [0.25, 0.3) is 0 Å². The van der Waals surface area contributed by atoms with Gasteiger partial charge < -0.3 is 20.0 Å². The molecule has 0 saturated carbocycles. The van der Waals surface area contributed by atoms with Crippen LogP contribution in [0.5, 0.6) is 0 Å². The van der Waals surface area contributed by atoms with Crippen molar-refractivity contribution in [3.63, 3.8) is 0 Å². The Balaban J connectivity index is 1.81. The number of benzene rings is 1. The van der Waals surface area contributed by atoms with Gasteiger partial charge in [0, 0.05) is 6.54 Å². The van der Waals surface area contributed by atoms with Gasteiger partial charge in [-0.1, -0.05) is 6.07 Å². The average Bonchev–Trinajstić information content (AvgIpc) is 2.77. The van der Waals surface area contributed by atoms with Crippen molar-refractivity contribution in [2.45, 2.75) is 12.8 Å². The summed E-state index contributed by atoms with van der Waals surface area (Å²) < 4.78 is 4.55. The zero-order chi connectivity index (χ0) is 13.7. The largest absolute Gasteiger partial charge is 0.469 e. The van der Waals surface area contributed by atoms with Crippen molar-refractivity contribution in [2.75, 3.05) is 20.2 Å². The molecule has 0 unspecified atom stereocenters. The number of rotatable bonds is 6. The highest BCUT2D eigenvalue weighted by molar-refractivity contribution is 5.75. The van der Waals surface area contributed by atoms with Gasteiger partial charge >= 0.3 is 11.7 Å². The molecule has 0 spiro atoms. The average molecular weight is 263 g/mol. The Kier molecular flexibility index (Phi) is 4.35. The first-order valence-corrected chi connectivity index (χ1v) is 6.17. The van der Waals surface area contributed by atoms with E-state index in [0.29, 0.717) is 13.0 Å². The molecule has 0 saturated heterocycles. The zero-order valence-corrected chi connectivity index (χ0v) is 10.8. The predicted molar refractivity (Wildman–Crippen MR) is 72.1 cm³/mol. The van der Waals surface area contributed by atoms with Crippen LogP contribution in [-0.4, -0.2) is 36.1 Å². The number of hydrogen-bond donors (Lipinski definition) is 3. The van der Waals surface area contributed by atoms with Crippen molar-refractivity contribution >= 4 is 17.0 Å². The molecule has 6 heteroatoms. The summed E-state index contributed by atoms with van der Waals surface area (Å²) in [6.07, 6.45) is 1.21. The van der Waals surface area contributed by atoms with Gasteiger partial charge in [-0.15, -0.1) is 0 Å². The van der Waals surface area contributed by atoms with E-state index < -0.39 is 0 Å². The highest BCUT2D eigenvalue weighted by Crippen LogP contribution is 2.10. The quantitative estimate of drug-likeness (QED) is 0.525. The first-order valence-electron chi connectivity index (χ1n) is 6.17. The van der Waals surface area contributed by atoms with E-state index in [4.69, 9.17) is 0 Å². The third-order valence-corrected chi connectivity index (χ3v) is 2.90. The van der Waals surface area contributed by atoms with Crippen LogP contribution in [0.15, 0.2) is 23.0 Å². The molecule has 0 fully saturated rings. The molecular weight excluding hydrogens is 246 g/mol. The molecular formula is C13H17N3O3. The Bertz CT molecular complexity index is 615. The fraction of sp³-hybridized carbons (Fsp3) is 0.385. The Morgan fingerprint density at radius 3 is 2.84 bits per heavy atom. The van der Waals surface area contributed by atoms with Crippen molar-refractivity contribution in [1.82, 2.24) is 15.3 Å². The number of hydrogen-bond acceptors (Lipinski definition) is 4. The molecule has 0 aliphatic carbocycles. The van der Waals surface area contributed by atoms with Crippen LogP contribution in [-0.2, 0) is 16.0 Å². The number of ether oxygens (including phenoxy) is 1. The molecule has 0 radical (unpaired) electrons. The summed E-state index contributed by atoms with van der Waals surface area (Å²) in [5.74, 6) is -0.209. The summed E-state index contributed by atoms with van der Waals surface area (Å²) in [4.78, 5) is 27.5. The smallest absolute Gasteiger partial charge is 0.323 e. The molecule has 0 atom stereocenters. The molecule has 6 nitrogen and oxygen atoms in total. The summed E-state index contributed by atoms with van der Waals surface area (Å²) in [5.41, 5.74) is 2.57. The number of imidazole rings is 1. The molecule has 0 amide bonds. The molecule has 2 rings (SSSR count). The number of carbonyl (C=O) groups is 1. The van der Waals surface area contributed by atoms with Gasteiger partial charge in [-0.3, -0.25) is 4.79 Å². The van der Waals surface area contributed by atoms with Gasteiger partial charge in [-0.2, -0.15) is 0 Å². The van der Waals surface area contributed by atoms with Crippen LogP contribution < -0.4 is 11.0 Å². The summed E-state index contributed by atoms with van der Waals surface area (Å²) in [5, 5.41) is 3.17.